The summed E-state index contributed by atoms with van der Waals surface area (Å²) in [7, 11) is 0. The molecule has 0 saturated carbocycles. The van der Waals surface area contributed by atoms with Gasteiger partial charge in [-0.3, -0.25) is 14.4 Å². The van der Waals surface area contributed by atoms with E-state index in [4.69, 9.17) is 11.6 Å². The second kappa shape index (κ2) is 6.53. The van der Waals surface area contributed by atoms with Gasteiger partial charge in [0.25, 0.3) is 0 Å². The van der Waals surface area contributed by atoms with Gasteiger partial charge in [0.05, 0.1) is 22.5 Å². The van der Waals surface area contributed by atoms with Gasteiger partial charge in [-0.25, -0.2) is 4.98 Å². The number of hydrogen-bond acceptors (Lipinski definition) is 4. The van der Waals surface area contributed by atoms with Gasteiger partial charge in [0.2, 0.25) is 5.91 Å². The Morgan fingerprint density at radius 2 is 2.04 bits per heavy atom. The molecule has 3 rings (SSSR count). The van der Waals surface area contributed by atoms with Gasteiger partial charge in [0.1, 0.15) is 0 Å². The molecule has 3 aromatic rings. The predicted molar refractivity (Wildman–Crippen MR) is 99.1 cm³/mol. The maximum absolute atomic E-state index is 12.1. The summed E-state index contributed by atoms with van der Waals surface area (Å²) < 4.78 is 2.91. The highest BCUT2D eigenvalue weighted by Gasteiger charge is 2.18. The Labute approximate surface area is 149 Å². The number of carbonyl (C=O) groups is 1. The second-order valence-corrected chi connectivity index (χ2v) is 7.33. The Balaban J connectivity index is 1.89. The minimum atomic E-state index is -0.0284. The van der Waals surface area contributed by atoms with E-state index >= 15 is 0 Å². The summed E-state index contributed by atoms with van der Waals surface area (Å²) in [5, 5.41) is 5.83. The number of benzene rings is 1. The van der Waals surface area contributed by atoms with Gasteiger partial charge in [0, 0.05) is 24.2 Å². The summed E-state index contributed by atoms with van der Waals surface area (Å²) in [4.78, 5) is 18.5. The summed E-state index contributed by atoms with van der Waals surface area (Å²) in [5.41, 5.74) is 3.98. The fraction of sp³-hybridized carbons (Fsp3) is 0.353. The fourth-order valence-corrected chi connectivity index (χ4v) is 4.23. The van der Waals surface area contributed by atoms with Crippen molar-refractivity contribution in [1.29, 1.82) is 0 Å². The summed E-state index contributed by atoms with van der Waals surface area (Å²) in [6.07, 6.45) is 0. The van der Waals surface area contributed by atoms with Crippen LogP contribution < -0.4 is 4.90 Å². The molecule has 0 aliphatic rings. The molecule has 0 aliphatic heterocycles. The number of carbonyl (C=O) groups excluding carboxylic acids is 1. The van der Waals surface area contributed by atoms with Crippen molar-refractivity contribution >= 4 is 44.2 Å². The zero-order valence-corrected chi connectivity index (χ0v) is 15.7. The monoisotopic (exact) mass is 362 g/mol. The average molecular weight is 363 g/mol. The molecule has 5 nitrogen and oxygen atoms in total. The molecule has 0 atom stereocenters. The van der Waals surface area contributed by atoms with Crippen LogP contribution in [0.2, 0.25) is 5.02 Å². The van der Waals surface area contributed by atoms with Crippen LogP contribution >= 0.6 is 22.9 Å². The minimum absolute atomic E-state index is 0.0284. The van der Waals surface area contributed by atoms with Crippen molar-refractivity contribution in [2.45, 2.75) is 34.2 Å². The lowest BCUT2D eigenvalue weighted by atomic mass is 10.2. The summed E-state index contributed by atoms with van der Waals surface area (Å²) in [6.45, 7) is 8.69. The van der Waals surface area contributed by atoms with Crippen molar-refractivity contribution < 1.29 is 4.79 Å². The first-order valence-electron chi connectivity index (χ1n) is 7.71. The number of anilines is 1. The number of aromatic nitrogens is 3. The number of thiazole rings is 1. The largest absolute Gasteiger partial charge is 0.286 e. The highest BCUT2D eigenvalue weighted by molar-refractivity contribution is 7.22. The first-order chi connectivity index (χ1) is 11.3. The van der Waals surface area contributed by atoms with Crippen molar-refractivity contribution in [2.75, 3.05) is 11.4 Å². The third-order valence-electron chi connectivity index (χ3n) is 3.89. The molecule has 0 N–H and O–H groups in total. The third-order valence-corrected chi connectivity index (χ3v) is 5.13. The molecule has 0 radical (unpaired) electrons. The SMILES string of the molecule is CC(=O)N(CCn1nc(C)cc1C)c1nc2c(C)cc(Cl)cc2s1. The van der Waals surface area contributed by atoms with Gasteiger partial charge in [-0.1, -0.05) is 22.9 Å². The van der Waals surface area contributed by atoms with Crippen molar-refractivity contribution in [3.05, 3.63) is 40.2 Å². The maximum Gasteiger partial charge on any atom is 0.225 e. The van der Waals surface area contributed by atoms with Crippen molar-refractivity contribution in [3.8, 4) is 0 Å². The van der Waals surface area contributed by atoms with Crippen molar-refractivity contribution in [1.82, 2.24) is 14.8 Å². The Hall–Kier alpha value is -1.92. The smallest absolute Gasteiger partial charge is 0.225 e. The van der Waals surface area contributed by atoms with Gasteiger partial charge in [-0.15, -0.1) is 0 Å². The lowest BCUT2D eigenvalue weighted by molar-refractivity contribution is -0.116. The molecular weight excluding hydrogens is 344 g/mol. The zero-order chi connectivity index (χ0) is 17.4. The van der Waals surface area contributed by atoms with E-state index in [-0.39, 0.29) is 5.91 Å². The molecule has 1 aromatic carbocycles. The first-order valence-corrected chi connectivity index (χ1v) is 8.90. The van der Waals surface area contributed by atoms with Crippen LogP contribution in [0, 0.1) is 20.8 Å². The molecule has 0 unspecified atom stereocenters. The molecule has 7 heteroatoms. The Kier molecular flexibility index (Phi) is 4.60. The van der Waals surface area contributed by atoms with E-state index in [0.29, 0.717) is 23.2 Å². The number of aryl methyl sites for hydroxylation is 3. The van der Waals surface area contributed by atoms with Crippen LogP contribution in [0.25, 0.3) is 10.2 Å². The number of amides is 1. The molecule has 2 heterocycles. The van der Waals surface area contributed by atoms with Crippen LogP contribution in [0.5, 0.6) is 0 Å². The molecular formula is C17H19ClN4OS. The van der Waals surface area contributed by atoms with Crippen LogP contribution in [0.1, 0.15) is 23.9 Å². The lowest BCUT2D eigenvalue weighted by Gasteiger charge is -2.18. The van der Waals surface area contributed by atoms with Gasteiger partial charge >= 0.3 is 0 Å². The molecule has 2 aromatic heterocycles. The average Bonchev–Trinajstić information content (AvgIpc) is 3.02. The van der Waals surface area contributed by atoms with Crippen LogP contribution in [0.3, 0.4) is 0 Å². The Bertz CT molecular complexity index is 915. The lowest BCUT2D eigenvalue weighted by Crippen LogP contribution is -2.32. The number of halogens is 1. The van der Waals surface area contributed by atoms with E-state index in [1.165, 1.54) is 11.3 Å². The summed E-state index contributed by atoms with van der Waals surface area (Å²) >= 11 is 7.61. The summed E-state index contributed by atoms with van der Waals surface area (Å²) in [6, 6.07) is 5.81. The molecule has 24 heavy (non-hydrogen) atoms. The number of nitrogens with zero attached hydrogens (tertiary/aromatic N) is 4. The highest BCUT2D eigenvalue weighted by atomic mass is 35.5. The Morgan fingerprint density at radius 3 is 2.67 bits per heavy atom. The zero-order valence-electron chi connectivity index (χ0n) is 14.1. The Morgan fingerprint density at radius 1 is 1.29 bits per heavy atom. The van der Waals surface area contributed by atoms with E-state index in [0.717, 1.165) is 27.2 Å². The van der Waals surface area contributed by atoms with E-state index in [1.54, 1.807) is 11.8 Å². The van der Waals surface area contributed by atoms with Crippen molar-refractivity contribution in [2.24, 2.45) is 0 Å². The standard InChI is InChI=1S/C17H19ClN4OS/c1-10-7-14(18)9-15-16(10)19-17(24-15)21(13(4)23)5-6-22-12(3)8-11(2)20-22/h7-9H,5-6H2,1-4H3. The topological polar surface area (TPSA) is 51.0 Å². The molecule has 0 fully saturated rings. The van der Waals surface area contributed by atoms with Crippen LogP contribution in [0.15, 0.2) is 18.2 Å². The summed E-state index contributed by atoms with van der Waals surface area (Å²) in [5.74, 6) is -0.0284. The van der Waals surface area contributed by atoms with Crippen molar-refractivity contribution in [3.63, 3.8) is 0 Å². The molecule has 0 bridgehead atoms. The van der Waals surface area contributed by atoms with E-state index in [1.807, 2.05) is 43.7 Å². The number of rotatable bonds is 4. The van der Waals surface area contributed by atoms with Gasteiger partial charge < -0.3 is 0 Å². The number of hydrogen-bond donors (Lipinski definition) is 0. The normalized spacial score (nSPS) is 11.2. The molecule has 0 spiro atoms. The van der Waals surface area contributed by atoms with Crippen LogP contribution in [-0.2, 0) is 11.3 Å². The molecule has 0 saturated heterocycles. The maximum atomic E-state index is 12.1. The van der Waals surface area contributed by atoms with Gasteiger partial charge in [-0.2, -0.15) is 5.10 Å². The minimum Gasteiger partial charge on any atom is -0.286 e. The predicted octanol–water partition coefficient (Wildman–Crippen LogP) is 4.12. The first kappa shape index (κ1) is 16.9. The van der Waals surface area contributed by atoms with Crippen LogP contribution in [0.4, 0.5) is 5.13 Å². The van der Waals surface area contributed by atoms with Gasteiger partial charge in [-0.05, 0) is 44.5 Å². The van der Waals surface area contributed by atoms with Gasteiger partial charge in [0.15, 0.2) is 5.13 Å². The number of fused-ring (bicyclic) bond motifs is 1. The molecule has 126 valence electrons. The van der Waals surface area contributed by atoms with E-state index in [9.17, 15) is 4.79 Å². The van der Waals surface area contributed by atoms with Crippen LogP contribution in [-0.4, -0.2) is 27.2 Å². The second-order valence-electron chi connectivity index (χ2n) is 5.89. The quantitative estimate of drug-likeness (QED) is 0.701. The van der Waals surface area contributed by atoms with E-state index < -0.39 is 0 Å². The molecule has 1 amide bonds. The van der Waals surface area contributed by atoms with E-state index in [2.05, 4.69) is 10.1 Å². The highest BCUT2D eigenvalue weighted by Crippen LogP contribution is 2.33. The fourth-order valence-electron chi connectivity index (χ4n) is 2.74. The third kappa shape index (κ3) is 3.30. The molecule has 0 aliphatic carbocycles.